The van der Waals surface area contributed by atoms with Gasteiger partial charge >= 0.3 is 0 Å². The molecule has 0 aliphatic rings. The van der Waals surface area contributed by atoms with Crippen LogP contribution in [0.4, 0.5) is 0 Å². The Kier molecular flexibility index (Phi) is 6.90. The molecule has 0 unspecified atom stereocenters. The Morgan fingerprint density at radius 3 is 2.19 bits per heavy atom. The smallest absolute Gasteiger partial charge is 0.212 e. The van der Waals surface area contributed by atoms with Gasteiger partial charge in [-0.3, -0.25) is 0 Å². The SMILES string of the molecule is CCN(CCCCl)S(=O)(=O)CCC(C)(C)C. The molecular weight excluding hydrogens is 246 g/mol. The molecule has 0 rings (SSSR count). The number of alkyl halides is 1. The van der Waals surface area contributed by atoms with Crippen LogP contribution in [0.3, 0.4) is 0 Å². The standard InChI is InChI=1S/C11H24ClNO2S/c1-5-13(9-6-8-12)16(14,15)10-7-11(2,3)4/h5-10H2,1-4H3. The van der Waals surface area contributed by atoms with E-state index in [9.17, 15) is 8.42 Å². The van der Waals surface area contributed by atoms with E-state index in [2.05, 4.69) is 20.8 Å². The van der Waals surface area contributed by atoms with Gasteiger partial charge in [0.05, 0.1) is 5.75 Å². The molecule has 98 valence electrons. The van der Waals surface area contributed by atoms with Crippen molar-refractivity contribution in [1.29, 1.82) is 0 Å². The van der Waals surface area contributed by atoms with Crippen LogP contribution in [-0.2, 0) is 10.0 Å². The Morgan fingerprint density at radius 2 is 1.81 bits per heavy atom. The predicted octanol–water partition coefficient (Wildman–Crippen LogP) is 2.70. The summed E-state index contributed by atoms with van der Waals surface area (Å²) in [7, 11) is -3.10. The van der Waals surface area contributed by atoms with Crippen molar-refractivity contribution in [3.05, 3.63) is 0 Å². The minimum Gasteiger partial charge on any atom is -0.212 e. The maximum atomic E-state index is 12.0. The molecule has 0 saturated heterocycles. The number of hydrogen-bond donors (Lipinski definition) is 0. The van der Waals surface area contributed by atoms with Gasteiger partial charge in [0, 0.05) is 19.0 Å². The molecular formula is C11H24ClNO2S. The minimum absolute atomic E-state index is 0.0545. The van der Waals surface area contributed by atoms with Crippen molar-refractivity contribution in [2.24, 2.45) is 5.41 Å². The molecule has 0 atom stereocenters. The molecule has 0 aromatic rings. The molecule has 5 heteroatoms. The summed E-state index contributed by atoms with van der Waals surface area (Å²) in [5.41, 5.74) is 0.0545. The molecule has 0 fully saturated rings. The Balaban J connectivity index is 4.38. The van der Waals surface area contributed by atoms with Crippen molar-refractivity contribution in [1.82, 2.24) is 4.31 Å². The fourth-order valence-corrected chi connectivity index (χ4v) is 3.34. The van der Waals surface area contributed by atoms with Crippen molar-refractivity contribution in [3.8, 4) is 0 Å². The molecule has 0 aromatic heterocycles. The highest BCUT2D eigenvalue weighted by Gasteiger charge is 2.22. The highest BCUT2D eigenvalue weighted by Crippen LogP contribution is 2.20. The van der Waals surface area contributed by atoms with Crippen LogP contribution in [0.1, 0.15) is 40.5 Å². The second-order valence-corrected chi connectivity index (χ2v) is 7.63. The van der Waals surface area contributed by atoms with E-state index in [1.54, 1.807) is 0 Å². The largest absolute Gasteiger partial charge is 0.214 e. The van der Waals surface area contributed by atoms with Gasteiger partial charge in [0.1, 0.15) is 0 Å². The predicted molar refractivity (Wildman–Crippen MR) is 70.4 cm³/mol. The highest BCUT2D eigenvalue weighted by molar-refractivity contribution is 7.89. The summed E-state index contributed by atoms with van der Waals surface area (Å²) < 4.78 is 25.5. The fraction of sp³-hybridized carbons (Fsp3) is 1.00. The maximum absolute atomic E-state index is 12.0. The lowest BCUT2D eigenvalue weighted by Gasteiger charge is -2.23. The second-order valence-electron chi connectivity index (χ2n) is 5.16. The third kappa shape index (κ3) is 6.71. The molecule has 16 heavy (non-hydrogen) atoms. The monoisotopic (exact) mass is 269 g/mol. The van der Waals surface area contributed by atoms with Gasteiger partial charge in [-0.05, 0) is 18.3 Å². The number of hydrogen-bond acceptors (Lipinski definition) is 2. The van der Waals surface area contributed by atoms with Gasteiger partial charge in [0.25, 0.3) is 0 Å². The van der Waals surface area contributed by atoms with Crippen molar-refractivity contribution >= 4 is 21.6 Å². The van der Waals surface area contributed by atoms with Crippen molar-refractivity contribution in [2.75, 3.05) is 24.7 Å². The Morgan fingerprint density at radius 1 is 1.25 bits per heavy atom. The van der Waals surface area contributed by atoms with Crippen LogP contribution in [-0.4, -0.2) is 37.4 Å². The van der Waals surface area contributed by atoms with E-state index in [0.29, 0.717) is 31.8 Å². The molecule has 0 aromatic carbocycles. The van der Waals surface area contributed by atoms with Gasteiger partial charge in [-0.15, -0.1) is 11.6 Å². The quantitative estimate of drug-likeness (QED) is 0.667. The summed E-state index contributed by atoms with van der Waals surface area (Å²) in [6.07, 6.45) is 1.40. The first-order valence-electron chi connectivity index (χ1n) is 5.76. The lowest BCUT2D eigenvalue weighted by molar-refractivity contribution is 0.382. The van der Waals surface area contributed by atoms with E-state index in [4.69, 9.17) is 11.6 Å². The summed E-state index contributed by atoms with van der Waals surface area (Å²) in [6.45, 7) is 9.09. The van der Waals surface area contributed by atoms with Gasteiger partial charge in [0.15, 0.2) is 0 Å². The van der Waals surface area contributed by atoms with Crippen LogP contribution in [0.5, 0.6) is 0 Å². The summed E-state index contributed by atoms with van der Waals surface area (Å²) >= 11 is 5.58. The van der Waals surface area contributed by atoms with E-state index in [0.717, 1.165) is 0 Å². The molecule has 0 radical (unpaired) electrons. The zero-order chi connectivity index (χ0) is 12.8. The first kappa shape index (κ1) is 16.2. The second kappa shape index (κ2) is 6.82. The molecule has 0 bridgehead atoms. The molecule has 0 saturated carbocycles. The fourth-order valence-electron chi connectivity index (χ4n) is 1.29. The molecule has 0 aliphatic heterocycles. The molecule has 3 nitrogen and oxygen atoms in total. The van der Waals surface area contributed by atoms with E-state index in [1.165, 1.54) is 4.31 Å². The maximum Gasteiger partial charge on any atom is 0.214 e. The average molecular weight is 270 g/mol. The van der Waals surface area contributed by atoms with Crippen molar-refractivity contribution in [3.63, 3.8) is 0 Å². The van der Waals surface area contributed by atoms with E-state index in [-0.39, 0.29) is 11.2 Å². The molecule has 0 N–H and O–H groups in total. The van der Waals surface area contributed by atoms with Gasteiger partial charge < -0.3 is 0 Å². The van der Waals surface area contributed by atoms with Crippen LogP contribution in [0.25, 0.3) is 0 Å². The molecule has 0 heterocycles. The molecule has 0 spiro atoms. The van der Waals surface area contributed by atoms with Crippen LogP contribution < -0.4 is 0 Å². The first-order chi connectivity index (χ1) is 7.23. The number of sulfonamides is 1. The van der Waals surface area contributed by atoms with Gasteiger partial charge in [0.2, 0.25) is 10.0 Å². The lowest BCUT2D eigenvalue weighted by atomic mass is 9.94. The number of rotatable bonds is 7. The third-order valence-corrected chi connectivity index (χ3v) is 4.61. The summed E-state index contributed by atoms with van der Waals surface area (Å²) in [4.78, 5) is 0. The molecule has 0 aliphatic carbocycles. The normalized spacial score (nSPS) is 13.4. The van der Waals surface area contributed by atoms with Crippen LogP contribution in [0.15, 0.2) is 0 Å². The van der Waals surface area contributed by atoms with Crippen molar-refractivity contribution in [2.45, 2.75) is 40.5 Å². The summed E-state index contributed by atoms with van der Waals surface area (Å²) in [5, 5.41) is 0. The van der Waals surface area contributed by atoms with Crippen LogP contribution in [0.2, 0.25) is 0 Å². The lowest BCUT2D eigenvalue weighted by Crippen LogP contribution is -2.35. The Labute approximate surface area is 105 Å². The van der Waals surface area contributed by atoms with E-state index >= 15 is 0 Å². The Bertz CT molecular complexity index is 283. The van der Waals surface area contributed by atoms with E-state index < -0.39 is 10.0 Å². The van der Waals surface area contributed by atoms with Gasteiger partial charge in [-0.1, -0.05) is 27.7 Å². The summed E-state index contributed by atoms with van der Waals surface area (Å²) in [6, 6.07) is 0. The van der Waals surface area contributed by atoms with Crippen LogP contribution >= 0.6 is 11.6 Å². The number of halogens is 1. The van der Waals surface area contributed by atoms with Gasteiger partial charge in [-0.2, -0.15) is 0 Å². The topological polar surface area (TPSA) is 37.4 Å². The average Bonchev–Trinajstić information content (AvgIpc) is 2.15. The highest BCUT2D eigenvalue weighted by atomic mass is 35.5. The van der Waals surface area contributed by atoms with Gasteiger partial charge in [-0.25, -0.2) is 12.7 Å². The van der Waals surface area contributed by atoms with E-state index in [1.807, 2.05) is 6.92 Å². The zero-order valence-corrected chi connectivity index (χ0v) is 12.4. The third-order valence-electron chi connectivity index (χ3n) is 2.40. The van der Waals surface area contributed by atoms with Crippen molar-refractivity contribution < 1.29 is 8.42 Å². The number of nitrogens with zero attached hydrogens (tertiary/aromatic N) is 1. The zero-order valence-electron chi connectivity index (χ0n) is 10.8. The van der Waals surface area contributed by atoms with Crippen LogP contribution in [0, 0.1) is 5.41 Å². The minimum atomic E-state index is -3.10. The Hall–Kier alpha value is 0.200. The first-order valence-corrected chi connectivity index (χ1v) is 7.91. The molecule has 0 amide bonds. The summed E-state index contributed by atoms with van der Waals surface area (Å²) in [5.74, 6) is 0.734.